The van der Waals surface area contributed by atoms with Crippen LogP contribution in [0.5, 0.6) is 11.5 Å². The lowest BCUT2D eigenvalue weighted by Crippen LogP contribution is -2.13. The lowest BCUT2D eigenvalue weighted by Gasteiger charge is -2.07. The quantitative estimate of drug-likeness (QED) is 0.802. The average molecular weight is 303 g/mol. The Balaban J connectivity index is 1.84. The molecule has 0 atom stereocenters. The highest BCUT2D eigenvalue weighted by molar-refractivity contribution is 8.00. The van der Waals surface area contributed by atoms with Gasteiger partial charge in [-0.15, -0.1) is 11.8 Å². The zero-order chi connectivity index (χ0) is 15.1. The van der Waals surface area contributed by atoms with Crippen LogP contribution < -0.4 is 10.1 Å². The first-order chi connectivity index (χ1) is 10.2. The monoisotopic (exact) mass is 303 g/mol. The summed E-state index contributed by atoms with van der Waals surface area (Å²) in [6, 6.07) is 14.1. The molecule has 2 aromatic rings. The smallest absolute Gasteiger partial charge is 0.234 e. The van der Waals surface area contributed by atoms with Crippen molar-refractivity contribution in [2.45, 2.75) is 11.8 Å². The van der Waals surface area contributed by atoms with Crippen LogP contribution in [0.25, 0.3) is 0 Å². The van der Waals surface area contributed by atoms with E-state index in [1.54, 1.807) is 18.2 Å². The van der Waals surface area contributed by atoms with E-state index in [0.29, 0.717) is 6.61 Å². The molecule has 0 heterocycles. The summed E-state index contributed by atoms with van der Waals surface area (Å²) in [5.41, 5.74) is 0.736. The predicted octanol–water partition coefficient (Wildman–Crippen LogP) is 3.52. The van der Waals surface area contributed by atoms with Gasteiger partial charge < -0.3 is 15.2 Å². The van der Waals surface area contributed by atoms with Crippen molar-refractivity contribution in [2.24, 2.45) is 0 Å². The normalized spacial score (nSPS) is 10.1. The maximum Gasteiger partial charge on any atom is 0.234 e. The number of phenols is 1. The second-order valence-corrected chi connectivity index (χ2v) is 5.34. The van der Waals surface area contributed by atoms with Gasteiger partial charge in [-0.2, -0.15) is 0 Å². The lowest BCUT2D eigenvalue weighted by molar-refractivity contribution is -0.113. The Bertz CT molecular complexity index is 599. The van der Waals surface area contributed by atoms with E-state index in [2.05, 4.69) is 5.32 Å². The van der Waals surface area contributed by atoms with E-state index >= 15 is 0 Å². The number of amides is 1. The molecule has 0 bridgehead atoms. The van der Waals surface area contributed by atoms with Crippen LogP contribution in [0.4, 0.5) is 5.69 Å². The SMILES string of the molecule is CCOc1ccc(NC(=O)CSc2cccc(O)c2)cc1. The summed E-state index contributed by atoms with van der Waals surface area (Å²) in [6.07, 6.45) is 0. The molecule has 0 saturated carbocycles. The first-order valence-electron chi connectivity index (χ1n) is 6.62. The van der Waals surface area contributed by atoms with Gasteiger partial charge in [0.25, 0.3) is 0 Å². The van der Waals surface area contributed by atoms with Crippen molar-refractivity contribution in [3.05, 3.63) is 48.5 Å². The van der Waals surface area contributed by atoms with Crippen molar-refractivity contribution in [2.75, 3.05) is 17.7 Å². The highest BCUT2D eigenvalue weighted by Gasteiger charge is 2.04. The molecule has 0 spiro atoms. The largest absolute Gasteiger partial charge is 0.508 e. The minimum atomic E-state index is -0.0903. The fraction of sp³-hybridized carbons (Fsp3) is 0.188. The molecule has 0 aliphatic rings. The molecule has 2 aromatic carbocycles. The number of ether oxygens (including phenoxy) is 1. The highest BCUT2D eigenvalue weighted by Crippen LogP contribution is 2.22. The average Bonchev–Trinajstić information content (AvgIpc) is 2.48. The van der Waals surface area contributed by atoms with E-state index in [4.69, 9.17) is 4.74 Å². The minimum absolute atomic E-state index is 0.0903. The van der Waals surface area contributed by atoms with E-state index in [0.717, 1.165) is 16.3 Å². The molecule has 2 rings (SSSR count). The summed E-state index contributed by atoms with van der Waals surface area (Å²) in [5.74, 6) is 1.18. The number of phenolic OH excluding ortho intramolecular Hbond substituents is 1. The second kappa shape index (κ2) is 7.59. The molecule has 5 heteroatoms. The molecule has 110 valence electrons. The van der Waals surface area contributed by atoms with Gasteiger partial charge >= 0.3 is 0 Å². The number of aromatic hydroxyl groups is 1. The molecule has 0 aliphatic carbocycles. The second-order valence-electron chi connectivity index (χ2n) is 4.29. The molecular formula is C16H17NO3S. The maximum absolute atomic E-state index is 11.9. The van der Waals surface area contributed by atoms with Gasteiger partial charge in [-0.05, 0) is 49.4 Å². The third-order valence-corrected chi connectivity index (χ3v) is 3.63. The zero-order valence-corrected chi connectivity index (χ0v) is 12.5. The number of rotatable bonds is 6. The van der Waals surface area contributed by atoms with Crippen LogP contribution in [-0.2, 0) is 4.79 Å². The Morgan fingerprint density at radius 1 is 1.24 bits per heavy atom. The van der Waals surface area contributed by atoms with Crippen molar-refractivity contribution >= 4 is 23.4 Å². The molecule has 21 heavy (non-hydrogen) atoms. The molecule has 0 radical (unpaired) electrons. The molecule has 1 amide bonds. The summed E-state index contributed by atoms with van der Waals surface area (Å²) in [4.78, 5) is 12.7. The first kappa shape index (κ1) is 15.3. The molecule has 0 saturated heterocycles. The molecule has 0 aliphatic heterocycles. The maximum atomic E-state index is 11.9. The van der Waals surface area contributed by atoms with Crippen LogP contribution in [-0.4, -0.2) is 23.4 Å². The van der Waals surface area contributed by atoms with Crippen molar-refractivity contribution in [3.63, 3.8) is 0 Å². The van der Waals surface area contributed by atoms with Crippen LogP contribution in [0.2, 0.25) is 0 Å². The fourth-order valence-corrected chi connectivity index (χ4v) is 2.47. The summed E-state index contributed by atoms with van der Waals surface area (Å²) in [6.45, 7) is 2.54. The van der Waals surface area contributed by atoms with Crippen molar-refractivity contribution in [1.29, 1.82) is 0 Å². The molecule has 2 N–H and O–H groups in total. The third-order valence-electron chi connectivity index (χ3n) is 2.64. The van der Waals surface area contributed by atoms with Gasteiger partial charge in [-0.25, -0.2) is 0 Å². The number of carbonyl (C=O) groups excluding carboxylic acids is 1. The van der Waals surface area contributed by atoms with Gasteiger partial charge in [-0.3, -0.25) is 4.79 Å². The number of hydrogen-bond acceptors (Lipinski definition) is 4. The van der Waals surface area contributed by atoms with Crippen molar-refractivity contribution in [1.82, 2.24) is 0 Å². The number of anilines is 1. The number of hydrogen-bond donors (Lipinski definition) is 2. The number of thioether (sulfide) groups is 1. The summed E-state index contributed by atoms with van der Waals surface area (Å²) in [5, 5.41) is 12.2. The van der Waals surface area contributed by atoms with Crippen molar-refractivity contribution < 1.29 is 14.6 Å². The molecule has 0 unspecified atom stereocenters. The number of benzene rings is 2. The molecule has 0 fully saturated rings. The van der Waals surface area contributed by atoms with Gasteiger partial charge in [0.2, 0.25) is 5.91 Å². The van der Waals surface area contributed by atoms with Crippen LogP contribution in [0, 0.1) is 0 Å². The lowest BCUT2D eigenvalue weighted by atomic mass is 10.3. The topological polar surface area (TPSA) is 58.6 Å². The van der Waals surface area contributed by atoms with Crippen LogP contribution in [0.15, 0.2) is 53.4 Å². The Morgan fingerprint density at radius 3 is 2.67 bits per heavy atom. The van der Waals surface area contributed by atoms with E-state index in [1.807, 2.05) is 37.3 Å². The Morgan fingerprint density at radius 2 is 2.00 bits per heavy atom. The third kappa shape index (κ3) is 5.04. The summed E-state index contributed by atoms with van der Waals surface area (Å²) >= 11 is 1.38. The van der Waals surface area contributed by atoms with Gasteiger partial charge in [0.15, 0.2) is 0 Å². The van der Waals surface area contributed by atoms with Gasteiger partial charge in [0, 0.05) is 10.6 Å². The highest BCUT2D eigenvalue weighted by atomic mass is 32.2. The molecule has 4 nitrogen and oxygen atoms in total. The standard InChI is InChI=1S/C16H17NO3S/c1-2-20-14-8-6-12(7-9-14)17-16(19)11-21-15-5-3-4-13(18)10-15/h3-10,18H,2,11H2,1H3,(H,17,19). The van der Waals surface area contributed by atoms with Crippen LogP contribution >= 0.6 is 11.8 Å². The Kier molecular flexibility index (Phi) is 5.51. The van der Waals surface area contributed by atoms with Gasteiger partial charge in [0.05, 0.1) is 12.4 Å². The van der Waals surface area contributed by atoms with E-state index in [1.165, 1.54) is 11.8 Å². The predicted molar refractivity (Wildman–Crippen MR) is 85.1 cm³/mol. The van der Waals surface area contributed by atoms with Crippen molar-refractivity contribution in [3.8, 4) is 11.5 Å². The zero-order valence-electron chi connectivity index (χ0n) is 11.7. The first-order valence-corrected chi connectivity index (χ1v) is 7.60. The van der Waals surface area contributed by atoms with Crippen LogP contribution in [0.1, 0.15) is 6.92 Å². The van der Waals surface area contributed by atoms with Gasteiger partial charge in [0.1, 0.15) is 11.5 Å². The minimum Gasteiger partial charge on any atom is -0.508 e. The van der Waals surface area contributed by atoms with Gasteiger partial charge in [-0.1, -0.05) is 6.07 Å². The number of carbonyl (C=O) groups is 1. The summed E-state index contributed by atoms with van der Waals surface area (Å²) < 4.78 is 5.34. The Labute approximate surface area is 128 Å². The Hall–Kier alpha value is -2.14. The van der Waals surface area contributed by atoms with Crippen LogP contribution in [0.3, 0.4) is 0 Å². The molecule has 0 aromatic heterocycles. The fourth-order valence-electron chi connectivity index (χ4n) is 1.72. The van der Waals surface area contributed by atoms with E-state index in [-0.39, 0.29) is 17.4 Å². The number of nitrogens with one attached hydrogen (secondary N) is 1. The molecular weight excluding hydrogens is 286 g/mol. The van der Waals surface area contributed by atoms with E-state index in [9.17, 15) is 9.90 Å². The summed E-state index contributed by atoms with van der Waals surface area (Å²) in [7, 11) is 0. The van der Waals surface area contributed by atoms with E-state index < -0.39 is 0 Å².